The Morgan fingerprint density at radius 1 is 1.24 bits per heavy atom. The van der Waals surface area contributed by atoms with E-state index in [0.717, 1.165) is 24.2 Å². The molecule has 3 amide bonds. The summed E-state index contributed by atoms with van der Waals surface area (Å²) in [6.07, 6.45) is 8.92. The lowest BCUT2D eigenvalue weighted by atomic mass is 9.73. The number of thioether (sulfide) groups is 1. The second kappa shape index (κ2) is 11.0. The first-order chi connectivity index (χ1) is 18.3. The zero-order valence-corrected chi connectivity index (χ0v) is 23.5. The number of nitrogens with zero attached hydrogens (tertiary/aromatic N) is 1. The van der Waals surface area contributed by atoms with Gasteiger partial charge in [0, 0.05) is 36.9 Å². The third-order valence-electron chi connectivity index (χ3n) is 9.04. The van der Waals surface area contributed by atoms with Crippen molar-refractivity contribution in [3.05, 3.63) is 36.4 Å². The molecule has 0 aromatic heterocycles. The van der Waals surface area contributed by atoms with E-state index in [0.29, 0.717) is 37.1 Å². The van der Waals surface area contributed by atoms with Gasteiger partial charge in [0.2, 0.25) is 17.7 Å². The Labute approximate surface area is 229 Å². The molecule has 4 aliphatic rings. The molecule has 3 heterocycles. The first-order valence-electron chi connectivity index (χ1n) is 13.7. The summed E-state index contributed by atoms with van der Waals surface area (Å²) in [7, 11) is 1.62. The van der Waals surface area contributed by atoms with Crippen molar-refractivity contribution in [2.24, 2.45) is 23.7 Å². The van der Waals surface area contributed by atoms with Crippen LogP contribution in [0.2, 0.25) is 0 Å². The summed E-state index contributed by atoms with van der Waals surface area (Å²) in [5.74, 6) is -1.22. The van der Waals surface area contributed by atoms with Crippen LogP contribution in [0.5, 0.6) is 0 Å². The molecule has 1 spiro atoms. The lowest BCUT2D eigenvalue weighted by molar-refractivity contribution is -0.141. The molecule has 9 heteroatoms. The van der Waals surface area contributed by atoms with Crippen molar-refractivity contribution in [1.82, 2.24) is 10.2 Å². The summed E-state index contributed by atoms with van der Waals surface area (Å²) in [6, 6.07) is 6.87. The molecule has 2 saturated heterocycles. The molecule has 3 fully saturated rings. The van der Waals surface area contributed by atoms with E-state index >= 15 is 0 Å². The summed E-state index contributed by atoms with van der Waals surface area (Å²) in [4.78, 5) is 44.2. The molecule has 1 aromatic carbocycles. The number of hydrogen-bond acceptors (Lipinski definition) is 6. The first-order valence-corrected chi connectivity index (χ1v) is 14.9. The van der Waals surface area contributed by atoms with Crippen LogP contribution >= 0.6 is 11.8 Å². The molecule has 1 aromatic rings. The molecular weight excluding hydrogens is 502 g/mol. The fourth-order valence-electron chi connectivity index (χ4n) is 6.86. The van der Waals surface area contributed by atoms with Gasteiger partial charge < -0.3 is 25.0 Å². The fourth-order valence-corrected chi connectivity index (χ4v) is 7.32. The Morgan fingerprint density at radius 3 is 2.82 bits per heavy atom. The van der Waals surface area contributed by atoms with Crippen molar-refractivity contribution >= 4 is 35.2 Å². The van der Waals surface area contributed by atoms with Crippen LogP contribution in [0.25, 0.3) is 0 Å². The van der Waals surface area contributed by atoms with Crippen LogP contribution in [-0.2, 0) is 23.9 Å². The molecular formula is C29H39N3O5S. The lowest BCUT2D eigenvalue weighted by Crippen LogP contribution is -2.58. The second-order valence-electron chi connectivity index (χ2n) is 11.2. The number of hydrogen-bond donors (Lipinski definition) is 2. The predicted molar refractivity (Wildman–Crippen MR) is 147 cm³/mol. The Morgan fingerprint density at radius 2 is 2.05 bits per heavy atom. The molecule has 8 nitrogen and oxygen atoms in total. The molecule has 3 aliphatic heterocycles. The van der Waals surface area contributed by atoms with Crippen molar-refractivity contribution in [3.8, 4) is 0 Å². The number of anilines is 1. The van der Waals surface area contributed by atoms with Crippen LogP contribution in [0.1, 0.15) is 39.5 Å². The van der Waals surface area contributed by atoms with Crippen LogP contribution in [0, 0.1) is 23.7 Å². The Hall–Kier alpha value is -2.36. The van der Waals surface area contributed by atoms with Gasteiger partial charge in [-0.1, -0.05) is 44.9 Å². The molecule has 1 aliphatic carbocycles. The van der Waals surface area contributed by atoms with Crippen molar-refractivity contribution < 1.29 is 23.9 Å². The van der Waals surface area contributed by atoms with Gasteiger partial charge in [0.15, 0.2) is 0 Å². The number of carbonyl (C=O) groups is 3. The van der Waals surface area contributed by atoms with Crippen molar-refractivity contribution in [3.63, 3.8) is 0 Å². The second-order valence-corrected chi connectivity index (χ2v) is 12.1. The number of fused-ring (bicyclic) bond motifs is 1. The number of rotatable bonds is 9. The van der Waals surface area contributed by atoms with E-state index in [1.165, 1.54) is 0 Å². The molecule has 8 atom stereocenters. The highest BCUT2D eigenvalue weighted by molar-refractivity contribution is 7.98. The van der Waals surface area contributed by atoms with Crippen molar-refractivity contribution in [2.45, 2.75) is 68.2 Å². The molecule has 0 radical (unpaired) electrons. The van der Waals surface area contributed by atoms with Gasteiger partial charge in [-0.05, 0) is 49.1 Å². The standard InChI is InChI=1S/C29H39N3O5S/c1-17-8-5-11-21(18(17)2)31-27(34)25-29-13-12-22(37-29)23(24(29)28(35)32(25)14-7-15-36-3)26(33)30-19-9-6-10-20(16-19)38-4/h6,9-10,12-13,16-18,21-25H,5,7-8,11,14-15H2,1-4H3,(H,30,33)(H,31,34). The zero-order valence-electron chi connectivity index (χ0n) is 22.6. The molecule has 8 unspecified atom stereocenters. The van der Waals surface area contributed by atoms with Crippen LogP contribution < -0.4 is 10.6 Å². The monoisotopic (exact) mass is 541 g/mol. The smallest absolute Gasteiger partial charge is 0.246 e. The number of ether oxygens (including phenoxy) is 2. The number of benzene rings is 1. The van der Waals surface area contributed by atoms with E-state index in [9.17, 15) is 14.4 Å². The summed E-state index contributed by atoms with van der Waals surface area (Å²) < 4.78 is 11.7. The van der Waals surface area contributed by atoms with E-state index < -0.39 is 29.6 Å². The van der Waals surface area contributed by atoms with E-state index in [-0.39, 0.29) is 23.8 Å². The Kier molecular flexibility index (Phi) is 7.89. The lowest BCUT2D eigenvalue weighted by Gasteiger charge is -2.38. The maximum absolute atomic E-state index is 14.0. The van der Waals surface area contributed by atoms with E-state index in [1.807, 2.05) is 42.7 Å². The number of likely N-dealkylation sites (tertiary alicyclic amines) is 1. The minimum atomic E-state index is -1.15. The van der Waals surface area contributed by atoms with Gasteiger partial charge in [-0.2, -0.15) is 0 Å². The van der Waals surface area contributed by atoms with Crippen LogP contribution in [-0.4, -0.2) is 72.9 Å². The van der Waals surface area contributed by atoms with E-state index in [4.69, 9.17) is 9.47 Å². The first kappa shape index (κ1) is 27.2. The third-order valence-corrected chi connectivity index (χ3v) is 9.77. The fraction of sp³-hybridized carbons (Fsp3) is 0.621. The maximum atomic E-state index is 14.0. The molecule has 1 saturated carbocycles. The quantitative estimate of drug-likeness (QED) is 0.282. The molecule has 38 heavy (non-hydrogen) atoms. The predicted octanol–water partition coefficient (Wildman–Crippen LogP) is 3.48. The van der Waals surface area contributed by atoms with Gasteiger partial charge in [0.05, 0.1) is 17.9 Å². The number of nitrogens with one attached hydrogen (secondary N) is 2. The highest BCUT2D eigenvalue weighted by Crippen LogP contribution is 2.55. The zero-order chi connectivity index (χ0) is 27.0. The minimum absolute atomic E-state index is 0.0583. The topological polar surface area (TPSA) is 97.0 Å². The third kappa shape index (κ3) is 4.67. The van der Waals surface area contributed by atoms with Gasteiger partial charge in [0.1, 0.15) is 11.6 Å². The molecule has 2 bridgehead atoms. The largest absolute Gasteiger partial charge is 0.385 e. The summed E-state index contributed by atoms with van der Waals surface area (Å²) in [6.45, 7) is 5.26. The van der Waals surface area contributed by atoms with Gasteiger partial charge >= 0.3 is 0 Å². The van der Waals surface area contributed by atoms with Crippen molar-refractivity contribution in [1.29, 1.82) is 0 Å². The summed E-state index contributed by atoms with van der Waals surface area (Å²) in [5, 5.41) is 6.29. The summed E-state index contributed by atoms with van der Waals surface area (Å²) >= 11 is 1.59. The van der Waals surface area contributed by atoms with Crippen molar-refractivity contribution in [2.75, 3.05) is 31.8 Å². The van der Waals surface area contributed by atoms with E-state index in [1.54, 1.807) is 23.8 Å². The average molecular weight is 542 g/mol. The highest BCUT2D eigenvalue weighted by Gasteiger charge is 2.72. The molecule has 2 N–H and O–H groups in total. The van der Waals surface area contributed by atoms with E-state index in [2.05, 4.69) is 24.5 Å². The molecule has 206 valence electrons. The molecule has 5 rings (SSSR count). The Balaban J connectivity index is 1.42. The minimum Gasteiger partial charge on any atom is -0.385 e. The van der Waals surface area contributed by atoms with Crippen LogP contribution in [0.15, 0.2) is 41.3 Å². The van der Waals surface area contributed by atoms with Gasteiger partial charge in [-0.25, -0.2) is 0 Å². The number of methoxy groups -OCH3 is 1. The Bertz CT molecular complexity index is 1110. The van der Waals surface area contributed by atoms with Gasteiger partial charge in [-0.15, -0.1) is 11.8 Å². The van der Waals surface area contributed by atoms with Crippen LogP contribution in [0.3, 0.4) is 0 Å². The number of carbonyl (C=O) groups excluding carboxylic acids is 3. The van der Waals surface area contributed by atoms with Crippen LogP contribution in [0.4, 0.5) is 5.69 Å². The number of amides is 3. The van der Waals surface area contributed by atoms with Gasteiger partial charge in [0.25, 0.3) is 0 Å². The van der Waals surface area contributed by atoms with Gasteiger partial charge in [-0.3, -0.25) is 14.4 Å². The average Bonchev–Trinajstić information content (AvgIpc) is 3.54. The SMILES string of the molecule is COCCCN1C(=O)C2C(C(=O)Nc3cccc(SC)c3)C3C=CC2(O3)C1C(=O)NC1CCCC(C)C1C. The maximum Gasteiger partial charge on any atom is 0.246 e. The summed E-state index contributed by atoms with van der Waals surface area (Å²) in [5.41, 5.74) is -0.467. The highest BCUT2D eigenvalue weighted by atomic mass is 32.2. The normalized spacial score (nSPS) is 35.4.